The van der Waals surface area contributed by atoms with E-state index in [1.807, 2.05) is 18.2 Å². The molecule has 0 spiro atoms. The van der Waals surface area contributed by atoms with Crippen LogP contribution in [0, 0.1) is 0 Å². The normalized spacial score (nSPS) is 15.5. The Kier molecular flexibility index (Phi) is 5.78. The lowest BCUT2D eigenvalue weighted by molar-refractivity contribution is -0.140. The van der Waals surface area contributed by atoms with Gasteiger partial charge < -0.3 is 14.5 Å². The number of esters is 1. The van der Waals surface area contributed by atoms with Crippen LogP contribution in [0.15, 0.2) is 54.6 Å². The third kappa shape index (κ3) is 4.35. The summed E-state index contributed by atoms with van der Waals surface area (Å²) < 4.78 is 5.32. The van der Waals surface area contributed by atoms with Gasteiger partial charge in [-0.25, -0.2) is 4.79 Å². The van der Waals surface area contributed by atoms with Crippen LogP contribution >= 0.6 is 11.6 Å². The molecule has 0 saturated carbocycles. The molecular formula is C20H21ClN2O3. The molecule has 26 heavy (non-hydrogen) atoms. The van der Waals surface area contributed by atoms with Gasteiger partial charge >= 0.3 is 5.97 Å². The van der Waals surface area contributed by atoms with Crippen molar-refractivity contribution >= 4 is 29.2 Å². The van der Waals surface area contributed by atoms with Gasteiger partial charge in [-0.3, -0.25) is 4.79 Å². The molecule has 1 saturated heterocycles. The number of amides is 1. The molecule has 0 radical (unpaired) electrons. The summed E-state index contributed by atoms with van der Waals surface area (Å²) in [5.41, 5.74) is 1.53. The van der Waals surface area contributed by atoms with Gasteiger partial charge in [0.1, 0.15) is 0 Å². The maximum Gasteiger partial charge on any atom is 0.338 e. The Morgan fingerprint density at radius 2 is 1.58 bits per heavy atom. The number of hydrogen-bond acceptors (Lipinski definition) is 4. The maximum atomic E-state index is 12.6. The van der Waals surface area contributed by atoms with Crippen molar-refractivity contribution in [2.75, 3.05) is 31.1 Å². The number of benzene rings is 2. The Labute approximate surface area is 158 Å². The molecule has 136 valence electrons. The fraction of sp³-hybridized carbons (Fsp3) is 0.300. The van der Waals surface area contributed by atoms with Crippen LogP contribution in [0.25, 0.3) is 0 Å². The number of rotatable bonds is 4. The third-order valence-electron chi connectivity index (χ3n) is 4.42. The molecule has 2 aromatic rings. The summed E-state index contributed by atoms with van der Waals surface area (Å²) in [4.78, 5) is 28.7. The quantitative estimate of drug-likeness (QED) is 0.773. The van der Waals surface area contributed by atoms with Crippen molar-refractivity contribution in [3.8, 4) is 0 Å². The van der Waals surface area contributed by atoms with E-state index in [1.54, 1.807) is 36.1 Å². The van der Waals surface area contributed by atoms with Crippen LogP contribution in [0.1, 0.15) is 17.3 Å². The molecule has 0 N–H and O–H groups in total. The molecule has 3 rings (SSSR count). The zero-order valence-electron chi connectivity index (χ0n) is 14.6. The molecule has 1 amide bonds. The summed E-state index contributed by atoms with van der Waals surface area (Å²) in [5, 5.41) is 0.543. The summed E-state index contributed by atoms with van der Waals surface area (Å²) in [7, 11) is 0. The molecule has 0 unspecified atom stereocenters. The van der Waals surface area contributed by atoms with Gasteiger partial charge in [-0.15, -0.1) is 0 Å². The zero-order valence-corrected chi connectivity index (χ0v) is 15.4. The highest BCUT2D eigenvalue weighted by Crippen LogP contribution is 2.17. The van der Waals surface area contributed by atoms with Gasteiger partial charge in [0.05, 0.1) is 5.56 Å². The van der Waals surface area contributed by atoms with Crippen LogP contribution in [-0.4, -0.2) is 49.1 Å². The van der Waals surface area contributed by atoms with Gasteiger partial charge in [-0.05, 0) is 43.3 Å². The predicted molar refractivity (Wildman–Crippen MR) is 102 cm³/mol. The number of ether oxygens (including phenoxy) is 1. The molecule has 6 heteroatoms. The van der Waals surface area contributed by atoms with E-state index in [2.05, 4.69) is 17.0 Å². The number of nitrogens with zero attached hydrogens (tertiary/aromatic N) is 2. The number of piperazine rings is 1. The van der Waals surface area contributed by atoms with Crippen LogP contribution in [0.3, 0.4) is 0 Å². The first kappa shape index (κ1) is 18.3. The lowest BCUT2D eigenvalue weighted by Crippen LogP contribution is -2.51. The SMILES string of the molecule is C[C@H](OC(=O)c1ccc(Cl)cc1)C(=O)N1CCN(c2ccccc2)CC1. The van der Waals surface area contributed by atoms with Crippen molar-refractivity contribution in [3.63, 3.8) is 0 Å². The van der Waals surface area contributed by atoms with Crippen LogP contribution in [0.4, 0.5) is 5.69 Å². The molecule has 1 atom stereocenters. The Bertz CT molecular complexity index is 756. The number of carbonyl (C=O) groups excluding carboxylic acids is 2. The number of hydrogen-bond donors (Lipinski definition) is 0. The van der Waals surface area contributed by atoms with E-state index in [4.69, 9.17) is 16.3 Å². The van der Waals surface area contributed by atoms with Crippen molar-refractivity contribution in [1.82, 2.24) is 4.90 Å². The number of carbonyl (C=O) groups is 2. The van der Waals surface area contributed by atoms with Crippen molar-refractivity contribution < 1.29 is 14.3 Å². The second kappa shape index (κ2) is 8.23. The highest BCUT2D eigenvalue weighted by molar-refractivity contribution is 6.30. The molecule has 5 nitrogen and oxygen atoms in total. The average Bonchev–Trinajstić information content (AvgIpc) is 2.68. The fourth-order valence-electron chi connectivity index (χ4n) is 2.95. The van der Waals surface area contributed by atoms with Gasteiger partial charge in [-0.2, -0.15) is 0 Å². The van der Waals surface area contributed by atoms with Gasteiger partial charge in [-0.1, -0.05) is 29.8 Å². The van der Waals surface area contributed by atoms with Crippen molar-refractivity contribution in [2.45, 2.75) is 13.0 Å². The number of para-hydroxylation sites is 1. The summed E-state index contributed by atoms with van der Waals surface area (Å²) >= 11 is 5.81. The van der Waals surface area contributed by atoms with Crippen LogP contribution in [0.2, 0.25) is 5.02 Å². The second-order valence-corrected chi connectivity index (χ2v) is 6.64. The van der Waals surface area contributed by atoms with Gasteiger partial charge in [0, 0.05) is 36.9 Å². The molecule has 2 aromatic carbocycles. The first-order chi connectivity index (χ1) is 12.5. The Morgan fingerprint density at radius 1 is 0.962 bits per heavy atom. The lowest BCUT2D eigenvalue weighted by Gasteiger charge is -2.37. The third-order valence-corrected chi connectivity index (χ3v) is 4.68. The number of anilines is 1. The Morgan fingerprint density at radius 3 is 2.19 bits per heavy atom. The fourth-order valence-corrected chi connectivity index (χ4v) is 3.07. The van der Waals surface area contributed by atoms with Crippen molar-refractivity contribution in [2.24, 2.45) is 0 Å². The zero-order chi connectivity index (χ0) is 18.5. The topological polar surface area (TPSA) is 49.9 Å². The van der Waals surface area contributed by atoms with Crippen LogP contribution in [-0.2, 0) is 9.53 Å². The Hall–Kier alpha value is -2.53. The predicted octanol–water partition coefficient (Wildman–Crippen LogP) is 3.23. The minimum Gasteiger partial charge on any atom is -0.449 e. The van der Waals surface area contributed by atoms with Gasteiger partial charge in [0.15, 0.2) is 6.10 Å². The molecule has 0 bridgehead atoms. The van der Waals surface area contributed by atoms with E-state index in [9.17, 15) is 9.59 Å². The van der Waals surface area contributed by atoms with E-state index >= 15 is 0 Å². The average molecular weight is 373 g/mol. The van der Waals surface area contributed by atoms with Gasteiger partial charge in [0.25, 0.3) is 5.91 Å². The van der Waals surface area contributed by atoms with E-state index in [1.165, 1.54) is 0 Å². The van der Waals surface area contributed by atoms with E-state index in [0.717, 1.165) is 18.8 Å². The van der Waals surface area contributed by atoms with E-state index in [0.29, 0.717) is 23.7 Å². The first-order valence-corrected chi connectivity index (χ1v) is 8.98. The summed E-state index contributed by atoms with van der Waals surface area (Å²) in [6, 6.07) is 16.5. The molecule has 0 aliphatic carbocycles. The largest absolute Gasteiger partial charge is 0.449 e. The Balaban J connectivity index is 1.53. The summed E-state index contributed by atoms with van der Waals surface area (Å²) in [6.07, 6.45) is -0.818. The highest BCUT2D eigenvalue weighted by Gasteiger charge is 2.27. The molecule has 1 heterocycles. The van der Waals surface area contributed by atoms with E-state index < -0.39 is 12.1 Å². The van der Waals surface area contributed by atoms with Crippen molar-refractivity contribution in [1.29, 1.82) is 0 Å². The summed E-state index contributed by atoms with van der Waals surface area (Å²) in [6.45, 7) is 4.34. The lowest BCUT2D eigenvalue weighted by atomic mass is 10.2. The standard InChI is InChI=1S/C20H21ClN2O3/c1-15(26-20(25)16-7-9-17(21)10-8-16)19(24)23-13-11-22(12-14-23)18-5-3-2-4-6-18/h2-10,15H,11-14H2,1H3/t15-/m0/s1. The minimum absolute atomic E-state index is 0.167. The van der Waals surface area contributed by atoms with Crippen LogP contribution < -0.4 is 4.90 Å². The van der Waals surface area contributed by atoms with Gasteiger partial charge in [0.2, 0.25) is 0 Å². The first-order valence-electron chi connectivity index (χ1n) is 8.60. The molecule has 1 fully saturated rings. The number of halogens is 1. The van der Waals surface area contributed by atoms with Crippen LogP contribution in [0.5, 0.6) is 0 Å². The minimum atomic E-state index is -0.818. The monoisotopic (exact) mass is 372 g/mol. The summed E-state index contributed by atoms with van der Waals surface area (Å²) in [5.74, 6) is -0.689. The maximum absolute atomic E-state index is 12.6. The molecule has 0 aromatic heterocycles. The molecule has 1 aliphatic heterocycles. The second-order valence-electron chi connectivity index (χ2n) is 6.20. The highest BCUT2D eigenvalue weighted by atomic mass is 35.5. The smallest absolute Gasteiger partial charge is 0.338 e. The van der Waals surface area contributed by atoms with Crippen molar-refractivity contribution in [3.05, 3.63) is 65.2 Å². The molecular weight excluding hydrogens is 352 g/mol. The van der Waals surface area contributed by atoms with E-state index in [-0.39, 0.29) is 5.91 Å². The molecule has 1 aliphatic rings.